The number of nitrogens with zero attached hydrogens (tertiary/aromatic N) is 2. The van der Waals surface area contributed by atoms with E-state index in [1.165, 1.54) is 18.2 Å². The Morgan fingerprint density at radius 3 is 2.61 bits per heavy atom. The van der Waals surface area contributed by atoms with E-state index in [1.54, 1.807) is 13.8 Å². The van der Waals surface area contributed by atoms with Gasteiger partial charge >= 0.3 is 5.97 Å². The summed E-state index contributed by atoms with van der Waals surface area (Å²) in [5.74, 6) is -0.0885. The third kappa shape index (κ3) is 4.35. The molecule has 0 saturated heterocycles. The largest absolute Gasteiger partial charge is 0.457 e. The van der Waals surface area contributed by atoms with Crippen LogP contribution in [0.25, 0.3) is 0 Å². The molecule has 0 amide bonds. The fourth-order valence-corrected chi connectivity index (χ4v) is 2.68. The topological polar surface area (TPSA) is 108 Å². The van der Waals surface area contributed by atoms with Gasteiger partial charge in [0.05, 0.1) is 21.7 Å². The van der Waals surface area contributed by atoms with Crippen LogP contribution in [-0.2, 0) is 17.9 Å². The van der Waals surface area contributed by atoms with Gasteiger partial charge < -0.3 is 14.6 Å². The van der Waals surface area contributed by atoms with E-state index < -0.39 is 10.9 Å². The summed E-state index contributed by atoms with van der Waals surface area (Å²) in [5.41, 5.74) is 2.54. The lowest BCUT2D eigenvalue weighted by atomic mass is 10.1. The Morgan fingerprint density at radius 2 is 1.96 bits per heavy atom. The first-order chi connectivity index (χ1) is 13.5. The van der Waals surface area contributed by atoms with Crippen molar-refractivity contribution in [2.75, 3.05) is 5.32 Å². The van der Waals surface area contributed by atoms with Crippen molar-refractivity contribution in [2.45, 2.75) is 27.0 Å². The Balaban J connectivity index is 1.72. The highest BCUT2D eigenvalue weighted by atomic mass is 16.6. The number of hydrogen-bond donors (Lipinski definition) is 1. The molecule has 3 rings (SSSR count). The van der Waals surface area contributed by atoms with Crippen molar-refractivity contribution in [1.82, 2.24) is 5.16 Å². The molecule has 0 spiro atoms. The van der Waals surface area contributed by atoms with Crippen LogP contribution in [0, 0.1) is 24.0 Å². The average Bonchev–Trinajstić information content (AvgIpc) is 3.02. The lowest BCUT2D eigenvalue weighted by Crippen LogP contribution is -2.08. The van der Waals surface area contributed by atoms with Crippen molar-refractivity contribution in [3.63, 3.8) is 0 Å². The summed E-state index contributed by atoms with van der Waals surface area (Å²) in [4.78, 5) is 23.2. The van der Waals surface area contributed by atoms with Crippen LogP contribution in [0.1, 0.15) is 32.9 Å². The van der Waals surface area contributed by atoms with Gasteiger partial charge in [0, 0.05) is 12.6 Å². The van der Waals surface area contributed by atoms with Crippen LogP contribution in [0.3, 0.4) is 0 Å². The Labute approximate surface area is 161 Å². The number of nitro groups is 1. The first-order valence-corrected chi connectivity index (χ1v) is 8.61. The molecule has 0 saturated carbocycles. The van der Waals surface area contributed by atoms with E-state index in [0.717, 1.165) is 5.56 Å². The van der Waals surface area contributed by atoms with Gasteiger partial charge in [-0.15, -0.1) is 0 Å². The number of rotatable bonds is 7. The van der Waals surface area contributed by atoms with Gasteiger partial charge in [0.2, 0.25) is 0 Å². The Morgan fingerprint density at radius 1 is 1.21 bits per heavy atom. The minimum Gasteiger partial charge on any atom is -0.457 e. The summed E-state index contributed by atoms with van der Waals surface area (Å²) in [7, 11) is 0. The Hall–Kier alpha value is -3.68. The van der Waals surface area contributed by atoms with E-state index in [4.69, 9.17) is 9.26 Å². The van der Waals surface area contributed by atoms with Crippen molar-refractivity contribution in [3.05, 3.63) is 86.8 Å². The van der Waals surface area contributed by atoms with Gasteiger partial charge in [0.1, 0.15) is 18.1 Å². The first kappa shape index (κ1) is 19.1. The smallest absolute Gasteiger partial charge is 0.338 e. The molecule has 0 fully saturated rings. The van der Waals surface area contributed by atoms with Crippen molar-refractivity contribution in [2.24, 2.45) is 0 Å². The Bertz CT molecular complexity index is 979. The SMILES string of the molecule is Cc1noc(C)c1COC(=O)c1ccc(NCc2ccccc2)c([N+](=O)[O-])c1. The quantitative estimate of drug-likeness (QED) is 0.372. The normalized spacial score (nSPS) is 10.5. The molecule has 1 aromatic heterocycles. The molecule has 0 aliphatic heterocycles. The second-order valence-corrected chi connectivity index (χ2v) is 6.21. The number of aromatic nitrogens is 1. The zero-order valence-electron chi connectivity index (χ0n) is 15.5. The third-order valence-corrected chi connectivity index (χ3v) is 4.28. The number of nitro benzene ring substituents is 1. The van der Waals surface area contributed by atoms with E-state index in [1.807, 2.05) is 30.3 Å². The number of hydrogen-bond acceptors (Lipinski definition) is 7. The van der Waals surface area contributed by atoms with Gasteiger partial charge in [0.15, 0.2) is 0 Å². The van der Waals surface area contributed by atoms with Gasteiger partial charge in [-0.1, -0.05) is 35.5 Å². The second-order valence-electron chi connectivity index (χ2n) is 6.21. The molecule has 1 heterocycles. The zero-order chi connectivity index (χ0) is 20.1. The number of aryl methyl sites for hydroxylation is 2. The molecular weight excluding hydrogens is 362 g/mol. The van der Waals surface area contributed by atoms with E-state index in [0.29, 0.717) is 29.2 Å². The van der Waals surface area contributed by atoms with Crippen LogP contribution in [-0.4, -0.2) is 16.0 Å². The van der Waals surface area contributed by atoms with Gasteiger partial charge in [-0.3, -0.25) is 10.1 Å². The summed E-state index contributed by atoms with van der Waals surface area (Å²) in [5, 5.41) is 18.3. The number of nitrogens with one attached hydrogen (secondary N) is 1. The number of benzene rings is 2. The molecule has 8 heteroatoms. The maximum Gasteiger partial charge on any atom is 0.338 e. The molecule has 0 aliphatic carbocycles. The number of carbonyl (C=O) groups is 1. The minimum absolute atomic E-state index is 0.0121. The van der Waals surface area contributed by atoms with Gasteiger partial charge in [0.25, 0.3) is 5.69 Å². The lowest BCUT2D eigenvalue weighted by molar-refractivity contribution is -0.384. The summed E-state index contributed by atoms with van der Waals surface area (Å²) in [6.45, 7) is 3.89. The summed E-state index contributed by atoms with van der Waals surface area (Å²) in [6, 6.07) is 13.7. The highest BCUT2D eigenvalue weighted by molar-refractivity contribution is 5.91. The van der Waals surface area contributed by atoms with Gasteiger partial charge in [-0.25, -0.2) is 4.79 Å². The molecular formula is C20H19N3O5. The minimum atomic E-state index is -0.655. The van der Waals surface area contributed by atoms with Crippen LogP contribution in [0.2, 0.25) is 0 Å². The maximum atomic E-state index is 12.3. The molecule has 1 N–H and O–H groups in total. The number of ether oxygens (including phenoxy) is 1. The highest BCUT2D eigenvalue weighted by Crippen LogP contribution is 2.27. The van der Waals surface area contributed by atoms with Crippen molar-refractivity contribution in [3.8, 4) is 0 Å². The lowest BCUT2D eigenvalue weighted by Gasteiger charge is -2.09. The average molecular weight is 381 g/mol. The predicted molar refractivity (Wildman–Crippen MR) is 102 cm³/mol. The van der Waals surface area contributed by atoms with E-state index in [9.17, 15) is 14.9 Å². The molecule has 0 atom stereocenters. The third-order valence-electron chi connectivity index (χ3n) is 4.28. The molecule has 0 unspecified atom stereocenters. The highest BCUT2D eigenvalue weighted by Gasteiger charge is 2.19. The van der Waals surface area contributed by atoms with Crippen LogP contribution < -0.4 is 5.32 Å². The van der Waals surface area contributed by atoms with Crippen LogP contribution in [0.4, 0.5) is 11.4 Å². The fourth-order valence-electron chi connectivity index (χ4n) is 2.68. The summed E-state index contributed by atoms with van der Waals surface area (Å²) >= 11 is 0. The Kier molecular flexibility index (Phi) is 5.69. The standard InChI is InChI=1S/C20H19N3O5/c1-13-17(14(2)28-22-13)12-27-20(24)16-8-9-18(19(10-16)23(25)26)21-11-15-6-4-3-5-7-15/h3-10,21H,11-12H2,1-2H3. The molecule has 0 radical (unpaired) electrons. The van der Waals surface area contributed by atoms with Gasteiger partial charge in [-0.2, -0.15) is 0 Å². The number of esters is 1. The molecule has 0 aliphatic rings. The van der Waals surface area contributed by atoms with E-state index in [-0.39, 0.29) is 17.9 Å². The van der Waals surface area contributed by atoms with Crippen LogP contribution in [0.15, 0.2) is 53.1 Å². The molecule has 8 nitrogen and oxygen atoms in total. The summed E-state index contributed by atoms with van der Waals surface area (Å²) < 4.78 is 10.3. The molecule has 144 valence electrons. The van der Waals surface area contributed by atoms with Crippen LogP contribution in [0.5, 0.6) is 0 Å². The fraction of sp³-hybridized carbons (Fsp3) is 0.200. The second kappa shape index (κ2) is 8.34. The van der Waals surface area contributed by atoms with Gasteiger partial charge in [-0.05, 0) is 31.5 Å². The molecule has 3 aromatic rings. The summed E-state index contributed by atoms with van der Waals surface area (Å²) in [6.07, 6.45) is 0. The first-order valence-electron chi connectivity index (χ1n) is 8.61. The van der Waals surface area contributed by atoms with Crippen molar-refractivity contribution < 1.29 is 19.0 Å². The predicted octanol–water partition coefficient (Wildman–Crippen LogP) is 4.17. The molecule has 2 aromatic carbocycles. The monoisotopic (exact) mass is 381 g/mol. The van der Waals surface area contributed by atoms with Crippen molar-refractivity contribution >= 4 is 17.3 Å². The maximum absolute atomic E-state index is 12.3. The zero-order valence-corrected chi connectivity index (χ0v) is 15.5. The number of carbonyl (C=O) groups excluding carboxylic acids is 1. The molecule has 28 heavy (non-hydrogen) atoms. The molecule has 0 bridgehead atoms. The van der Waals surface area contributed by atoms with E-state index in [2.05, 4.69) is 10.5 Å². The van der Waals surface area contributed by atoms with Crippen LogP contribution >= 0.6 is 0 Å². The number of anilines is 1. The van der Waals surface area contributed by atoms with Crippen molar-refractivity contribution in [1.29, 1.82) is 0 Å². The van der Waals surface area contributed by atoms with E-state index >= 15 is 0 Å².